The Balaban J connectivity index is 2.06. The van der Waals surface area contributed by atoms with E-state index < -0.39 is 21.0 Å². The van der Waals surface area contributed by atoms with Crippen molar-refractivity contribution in [1.29, 1.82) is 0 Å². The fraction of sp³-hybridized carbons (Fsp3) is 0.222. The summed E-state index contributed by atoms with van der Waals surface area (Å²) in [4.78, 5) is 14.8. The lowest BCUT2D eigenvalue weighted by Gasteiger charge is -2.04. The molecule has 3 N–H and O–H groups in total. The summed E-state index contributed by atoms with van der Waals surface area (Å²) in [6.07, 6.45) is 3.02. The van der Waals surface area contributed by atoms with Crippen molar-refractivity contribution in [1.82, 2.24) is 19.9 Å². The predicted molar refractivity (Wildman–Crippen MR) is 66.6 cm³/mol. The highest BCUT2D eigenvalue weighted by atomic mass is 32.2. The van der Waals surface area contributed by atoms with E-state index in [1.807, 2.05) is 0 Å². The number of rotatable bonds is 6. The molecule has 8 nitrogen and oxygen atoms in total. The zero-order valence-corrected chi connectivity index (χ0v) is 11.2. The van der Waals surface area contributed by atoms with Gasteiger partial charge in [-0.05, 0) is 0 Å². The number of aromatic carboxylic acids is 1. The number of aromatic nitrogens is 3. The van der Waals surface area contributed by atoms with Gasteiger partial charge in [-0.1, -0.05) is 0 Å². The number of thiazole rings is 1. The van der Waals surface area contributed by atoms with Crippen LogP contribution >= 0.6 is 11.3 Å². The van der Waals surface area contributed by atoms with E-state index in [-0.39, 0.29) is 12.1 Å². The summed E-state index contributed by atoms with van der Waals surface area (Å²) < 4.78 is 26.1. The lowest BCUT2D eigenvalue weighted by molar-refractivity contribution is 0.0692. The molecular weight excluding hydrogens is 292 g/mol. The molecule has 2 heterocycles. The van der Waals surface area contributed by atoms with Gasteiger partial charge in [0.15, 0.2) is 5.03 Å². The molecule has 2 rings (SSSR count). The number of carbonyl (C=O) groups is 1. The van der Waals surface area contributed by atoms with Crippen LogP contribution in [0.4, 0.5) is 0 Å². The highest BCUT2D eigenvalue weighted by Gasteiger charge is 2.24. The minimum absolute atomic E-state index is 0.133. The quantitative estimate of drug-likeness (QED) is 0.694. The Labute approximate surface area is 112 Å². The molecule has 0 amide bonds. The van der Waals surface area contributed by atoms with Gasteiger partial charge in [0.1, 0.15) is 5.56 Å². The largest absolute Gasteiger partial charge is 0.478 e. The maximum absolute atomic E-state index is 11.9. The van der Waals surface area contributed by atoms with Crippen molar-refractivity contribution in [2.75, 3.05) is 6.54 Å². The Morgan fingerprint density at radius 1 is 1.53 bits per heavy atom. The molecule has 0 atom stereocenters. The second kappa shape index (κ2) is 5.47. The second-order valence-corrected chi connectivity index (χ2v) is 6.17. The van der Waals surface area contributed by atoms with E-state index in [2.05, 4.69) is 19.9 Å². The van der Waals surface area contributed by atoms with E-state index in [1.165, 1.54) is 11.3 Å². The number of sulfonamides is 1. The maximum atomic E-state index is 11.9. The van der Waals surface area contributed by atoms with Gasteiger partial charge in [-0.15, -0.1) is 11.3 Å². The van der Waals surface area contributed by atoms with Gasteiger partial charge in [0.25, 0.3) is 10.0 Å². The molecule has 0 aliphatic carbocycles. The number of carboxylic acid groups (broad SMARTS) is 1. The Hall–Kier alpha value is -1.78. The molecule has 2 aromatic rings. The van der Waals surface area contributed by atoms with Crippen molar-refractivity contribution in [2.45, 2.75) is 11.4 Å². The van der Waals surface area contributed by atoms with Gasteiger partial charge in [-0.25, -0.2) is 22.9 Å². The zero-order chi connectivity index (χ0) is 13.9. The van der Waals surface area contributed by atoms with E-state index in [0.29, 0.717) is 6.42 Å². The summed E-state index contributed by atoms with van der Waals surface area (Å²) in [5.41, 5.74) is -0.387. The zero-order valence-electron chi connectivity index (χ0n) is 9.53. The molecule has 0 aliphatic rings. The molecular formula is C9H10N4O4S2. The van der Waals surface area contributed by atoms with Crippen LogP contribution in [0.25, 0.3) is 0 Å². The average molecular weight is 302 g/mol. The Morgan fingerprint density at radius 2 is 2.32 bits per heavy atom. The number of nitrogens with one attached hydrogen (secondary N) is 2. The molecule has 0 bridgehead atoms. The molecule has 0 saturated carbocycles. The molecule has 102 valence electrons. The predicted octanol–water partition coefficient (Wildman–Crippen LogP) is 0.0854. The molecule has 10 heteroatoms. The molecule has 0 saturated heterocycles. The molecule has 2 aromatic heterocycles. The van der Waals surface area contributed by atoms with Crippen molar-refractivity contribution in [3.05, 3.63) is 28.3 Å². The molecule has 0 aliphatic heterocycles. The minimum atomic E-state index is -3.92. The molecule has 0 radical (unpaired) electrons. The van der Waals surface area contributed by atoms with Crippen LogP contribution in [0.3, 0.4) is 0 Å². The van der Waals surface area contributed by atoms with Gasteiger partial charge in [0.05, 0.1) is 11.2 Å². The number of H-pyrrole nitrogens is 1. The molecule has 0 fully saturated rings. The summed E-state index contributed by atoms with van der Waals surface area (Å²) in [5.74, 6) is -1.35. The minimum Gasteiger partial charge on any atom is -0.478 e. The highest BCUT2D eigenvalue weighted by molar-refractivity contribution is 7.89. The van der Waals surface area contributed by atoms with Crippen molar-refractivity contribution < 1.29 is 18.3 Å². The molecule has 0 unspecified atom stereocenters. The van der Waals surface area contributed by atoms with Gasteiger partial charge in [-0.3, -0.25) is 5.10 Å². The Kier molecular flexibility index (Phi) is 3.93. The fourth-order valence-corrected chi connectivity index (χ4v) is 3.11. The monoisotopic (exact) mass is 302 g/mol. The van der Waals surface area contributed by atoms with Crippen molar-refractivity contribution in [3.8, 4) is 0 Å². The Bertz CT molecular complexity index is 662. The third-order valence-electron chi connectivity index (χ3n) is 2.22. The van der Waals surface area contributed by atoms with Crippen LogP contribution in [-0.2, 0) is 16.4 Å². The lowest BCUT2D eigenvalue weighted by Crippen LogP contribution is -2.27. The average Bonchev–Trinajstić information content (AvgIpc) is 2.99. The first-order valence-corrected chi connectivity index (χ1v) is 7.51. The van der Waals surface area contributed by atoms with E-state index in [0.717, 1.165) is 11.2 Å². The van der Waals surface area contributed by atoms with Crippen molar-refractivity contribution in [2.24, 2.45) is 0 Å². The van der Waals surface area contributed by atoms with Gasteiger partial charge in [0.2, 0.25) is 0 Å². The number of hydrogen-bond donors (Lipinski definition) is 3. The van der Waals surface area contributed by atoms with Crippen LogP contribution in [0.5, 0.6) is 0 Å². The normalized spacial score (nSPS) is 11.6. The van der Waals surface area contributed by atoms with Crippen LogP contribution in [0.15, 0.2) is 22.8 Å². The smallest absolute Gasteiger partial charge is 0.340 e. The van der Waals surface area contributed by atoms with Gasteiger partial charge >= 0.3 is 5.97 Å². The SMILES string of the molecule is O=C(O)c1cn[nH]c1S(=O)(=O)NCCc1nccs1. The van der Waals surface area contributed by atoms with Crippen LogP contribution in [-0.4, -0.2) is 41.2 Å². The van der Waals surface area contributed by atoms with Crippen LogP contribution < -0.4 is 4.72 Å². The number of carboxylic acids is 1. The third kappa shape index (κ3) is 3.16. The van der Waals surface area contributed by atoms with Gasteiger partial charge in [-0.2, -0.15) is 5.10 Å². The first kappa shape index (κ1) is 13.6. The van der Waals surface area contributed by atoms with Crippen LogP contribution in [0.2, 0.25) is 0 Å². The van der Waals surface area contributed by atoms with E-state index in [4.69, 9.17) is 5.11 Å². The number of nitrogens with zero attached hydrogens (tertiary/aromatic N) is 2. The topological polar surface area (TPSA) is 125 Å². The van der Waals surface area contributed by atoms with Crippen molar-refractivity contribution >= 4 is 27.3 Å². The number of aromatic amines is 1. The summed E-state index contributed by atoms with van der Waals surface area (Å²) in [6.45, 7) is 0.133. The second-order valence-electron chi connectivity index (χ2n) is 3.49. The van der Waals surface area contributed by atoms with Crippen molar-refractivity contribution in [3.63, 3.8) is 0 Å². The standard InChI is InChI=1S/C9H10N4O4S2/c14-9(15)6-5-11-13-8(6)19(16,17)12-2-1-7-10-3-4-18-7/h3-5,12H,1-2H2,(H,11,13)(H,14,15). The van der Waals surface area contributed by atoms with E-state index >= 15 is 0 Å². The highest BCUT2D eigenvalue weighted by Crippen LogP contribution is 2.11. The summed E-state index contributed by atoms with van der Waals surface area (Å²) in [5, 5.41) is 16.6. The first-order chi connectivity index (χ1) is 9.00. The summed E-state index contributed by atoms with van der Waals surface area (Å²) in [7, 11) is -3.92. The third-order valence-corrected chi connectivity index (χ3v) is 4.49. The molecule has 0 aromatic carbocycles. The van der Waals surface area contributed by atoms with E-state index in [9.17, 15) is 13.2 Å². The lowest BCUT2D eigenvalue weighted by atomic mass is 10.4. The number of hydrogen-bond acceptors (Lipinski definition) is 6. The van der Waals surface area contributed by atoms with E-state index in [1.54, 1.807) is 11.6 Å². The van der Waals surface area contributed by atoms with Gasteiger partial charge < -0.3 is 5.11 Å². The van der Waals surface area contributed by atoms with Crippen LogP contribution in [0.1, 0.15) is 15.4 Å². The maximum Gasteiger partial charge on any atom is 0.340 e. The molecule has 0 spiro atoms. The van der Waals surface area contributed by atoms with Gasteiger partial charge in [0, 0.05) is 24.5 Å². The summed E-state index contributed by atoms with van der Waals surface area (Å²) in [6, 6.07) is 0. The fourth-order valence-electron chi connectivity index (χ4n) is 1.37. The summed E-state index contributed by atoms with van der Waals surface area (Å²) >= 11 is 1.42. The first-order valence-electron chi connectivity index (χ1n) is 5.15. The van der Waals surface area contributed by atoms with Crippen LogP contribution in [0, 0.1) is 0 Å². The Morgan fingerprint density at radius 3 is 2.95 bits per heavy atom. The molecule has 19 heavy (non-hydrogen) atoms.